The minimum atomic E-state index is -1.64. The lowest BCUT2D eigenvalue weighted by Gasteiger charge is -2.16. The largest absolute Gasteiger partial charge is 0.394 e. The van der Waals surface area contributed by atoms with Gasteiger partial charge in [0.15, 0.2) is 6.29 Å². The summed E-state index contributed by atoms with van der Waals surface area (Å²) in [5.41, 5.74) is 4.75. The van der Waals surface area contributed by atoms with Gasteiger partial charge in [0.1, 0.15) is 24.1 Å². The zero-order valence-electron chi connectivity index (χ0n) is 9.30. The second-order valence-corrected chi connectivity index (χ2v) is 3.20. The minimum absolute atomic E-state index is 0.0869. The second kappa shape index (κ2) is 8.31. The molecule has 0 bridgehead atoms. The third-order valence-electron chi connectivity index (χ3n) is 1.77. The Morgan fingerprint density at radius 3 is 2.39 bits per heavy atom. The van der Waals surface area contributed by atoms with Crippen molar-refractivity contribution < 1.29 is 25.2 Å². The number of nitrogens with zero attached hydrogens (tertiary/aromatic N) is 1. The summed E-state index contributed by atoms with van der Waals surface area (Å²) < 4.78 is 0. The van der Waals surface area contributed by atoms with E-state index in [1.807, 2.05) is 0 Å². The van der Waals surface area contributed by atoms with Crippen LogP contribution >= 0.6 is 0 Å². The first-order valence-corrected chi connectivity index (χ1v) is 4.83. The van der Waals surface area contributed by atoms with E-state index in [0.29, 0.717) is 5.82 Å². The molecule has 0 aromatic carbocycles. The monoisotopic (exact) mass is 261 g/mol. The number of aromatic amines is 1. The Labute approximate surface area is 102 Å². The molecule has 0 radical (unpaired) electrons. The van der Waals surface area contributed by atoms with Gasteiger partial charge in [0.2, 0.25) is 0 Å². The van der Waals surface area contributed by atoms with Crippen LogP contribution in [0, 0.1) is 0 Å². The van der Waals surface area contributed by atoms with Gasteiger partial charge in [-0.15, -0.1) is 0 Å². The van der Waals surface area contributed by atoms with E-state index in [-0.39, 0.29) is 6.29 Å². The first-order valence-electron chi connectivity index (χ1n) is 4.83. The van der Waals surface area contributed by atoms with Gasteiger partial charge in [-0.3, -0.25) is 4.98 Å². The number of nitrogen functional groups attached to an aromatic ring is 1. The number of hydrogen-bond acceptors (Lipinski definition) is 8. The summed E-state index contributed by atoms with van der Waals surface area (Å²) in [5.74, 6) is 0.338. The summed E-state index contributed by atoms with van der Waals surface area (Å²) in [7, 11) is 0. The second-order valence-electron chi connectivity index (χ2n) is 3.20. The Morgan fingerprint density at radius 1 is 1.44 bits per heavy atom. The lowest BCUT2D eigenvalue weighted by molar-refractivity contribution is -0.127. The van der Waals surface area contributed by atoms with E-state index in [1.165, 1.54) is 12.3 Å². The number of nitrogens with two attached hydrogens (primary N) is 1. The molecule has 1 aromatic rings. The Morgan fingerprint density at radius 2 is 2.06 bits per heavy atom. The zero-order valence-corrected chi connectivity index (χ0v) is 9.30. The molecule has 0 aliphatic rings. The number of aromatic nitrogens is 2. The van der Waals surface area contributed by atoms with E-state index in [0.717, 1.165) is 0 Å². The molecule has 9 heteroatoms. The molecule has 7 N–H and O–H groups in total. The number of anilines is 1. The maximum absolute atomic E-state index is 10.2. The fourth-order valence-electron chi connectivity index (χ4n) is 0.799. The maximum Gasteiger partial charge on any atom is 0.346 e. The van der Waals surface area contributed by atoms with Gasteiger partial charge < -0.3 is 31.0 Å². The van der Waals surface area contributed by atoms with Gasteiger partial charge in [0.25, 0.3) is 0 Å². The summed E-state index contributed by atoms with van der Waals surface area (Å²) in [4.78, 5) is 25.6. The highest BCUT2D eigenvalue weighted by Crippen LogP contribution is 1.96. The van der Waals surface area contributed by atoms with Crippen LogP contribution < -0.4 is 11.4 Å². The zero-order chi connectivity index (χ0) is 14.1. The summed E-state index contributed by atoms with van der Waals surface area (Å²) in [6.45, 7) is -0.688. The molecule has 1 heterocycles. The van der Waals surface area contributed by atoms with E-state index < -0.39 is 30.6 Å². The Kier molecular flexibility index (Phi) is 7.47. The molecule has 0 saturated heterocycles. The number of aliphatic hydroxyl groups excluding tert-OH is 4. The van der Waals surface area contributed by atoms with Gasteiger partial charge in [0, 0.05) is 6.20 Å². The van der Waals surface area contributed by atoms with E-state index in [1.54, 1.807) is 0 Å². The number of rotatable bonds is 4. The van der Waals surface area contributed by atoms with Crippen LogP contribution in [0.2, 0.25) is 0 Å². The summed E-state index contributed by atoms with van der Waals surface area (Å²) >= 11 is 0. The molecule has 102 valence electrons. The molecular formula is C9H15N3O6. The predicted octanol–water partition coefficient (Wildman–Crippen LogP) is -3.39. The number of hydrogen-bond donors (Lipinski definition) is 6. The summed E-state index contributed by atoms with van der Waals surface area (Å²) in [6.07, 6.45) is -3.28. The van der Waals surface area contributed by atoms with Gasteiger partial charge in [-0.05, 0) is 6.07 Å². The Balaban J connectivity index is 0.000000327. The van der Waals surface area contributed by atoms with Gasteiger partial charge >= 0.3 is 5.69 Å². The van der Waals surface area contributed by atoms with E-state index in [9.17, 15) is 9.59 Å². The number of aliphatic hydroxyl groups is 4. The highest BCUT2D eigenvalue weighted by atomic mass is 16.4. The Hall–Kier alpha value is -1.81. The van der Waals surface area contributed by atoms with E-state index >= 15 is 0 Å². The third-order valence-corrected chi connectivity index (χ3v) is 1.77. The van der Waals surface area contributed by atoms with Crippen LogP contribution in [0.4, 0.5) is 5.82 Å². The number of H-pyrrole nitrogens is 1. The number of nitrogens with one attached hydrogen (secondary N) is 1. The smallest absolute Gasteiger partial charge is 0.346 e. The lowest BCUT2D eigenvalue weighted by Crippen LogP contribution is -2.40. The van der Waals surface area contributed by atoms with Crippen LogP contribution in [0.15, 0.2) is 17.1 Å². The standard InChI is InChI=1S/C5H10O5.C4H5N3O/c6-1-3(8)5(10)4(9)2-7;5-3-1-2-6-4(8)7-3/h1,3-5,7-10H,2H2;1-2H,(H3,5,6,7,8)/t3-,4-,5+;/m1./s1. The van der Waals surface area contributed by atoms with Gasteiger partial charge in [0.05, 0.1) is 6.61 Å². The van der Waals surface area contributed by atoms with Crippen LogP contribution in [0.25, 0.3) is 0 Å². The third kappa shape index (κ3) is 6.06. The van der Waals surface area contributed by atoms with Crippen molar-refractivity contribution in [1.82, 2.24) is 9.97 Å². The van der Waals surface area contributed by atoms with Crippen molar-refractivity contribution in [2.75, 3.05) is 12.3 Å². The van der Waals surface area contributed by atoms with Crippen molar-refractivity contribution in [2.24, 2.45) is 0 Å². The fourth-order valence-corrected chi connectivity index (χ4v) is 0.799. The highest BCUT2D eigenvalue weighted by molar-refractivity contribution is 5.56. The number of carbonyl (C=O) groups excluding carboxylic acids is 1. The predicted molar refractivity (Wildman–Crippen MR) is 60.4 cm³/mol. The lowest BCUT2D eigenvalue weighted by atomic mass is 10.1. The van der Waals surface area contributed by atoms with Crippen LogP contribution in [0.3, 0.4) is 0 Å². The molecule has 18 heavy (non-hydrogen) atoms. The van der Waals surface area contributed by atoms with Gasteiger partial charge in [-0.2, -0.15) is 0 Å². The maximum atomic E-state index is 10.2. The van der Waals surface area contributed by atoms with Crippen molar-refractivity contribution in [3.63, 3.8) is 0 Å². The summed E-state index contributed by atoms with van der Waals surface area (Å²) in [5, 5.41) is 34.1. The average Bonchev–Trinajstić information content (AvgIpc) is 2.36. The normalized spacial score (nSPS) is 14.9. The molecule has 0 saturated carbocycles. The molecule has 3 atom stereocenters. The van der Waals surface area contributed by atoms with Crippen LogP contribution in [-0.4, -0.2) is 61.6 Å². The van der Waals surface area contributed by atoms with Gasteiger partial charge in [-0.25, -0.2) is 9.78 Å². The van der Waals surface area contributed by atoms with E-state index in [2.05, 4.69) is 9.97 Å². The minimum Gasteiger partial charge on any atom is -0.394 e. The quantitative estimate of drug-likeness (QED) is 0.305. The average molecular weight is 261 g/mol. The fraction of sp³-hybridized carbons (Fsp3) is 0.444. The summed E-state index contributed by atoms with van der Waals surface area (Å²) in [6, 6.07) is 1.52. The highest BCUT2D eigenvalue weighted by Gasteiger charge is 2.22. The van der Waals surface area contributed by atoms with Crippen LogP contribution in [-0.2, 0) is 4.79 Å². The van der Waals surface area contributed by atoms with Crippen molar-refractivity contribution in [3.8, 4) is 0 Å². The molecule has 0 fully saturated rings. The first-order chi connectivity index (χ1) is 8.42. The van der Waals surface area contributed by atoms with Crippen molar-refractivity contribution in [1.29, 1.82) is 0 Å². The van der Waals surface area contributed by atoms with Gasteiger partial charge in [-0.1, -0.05) is 0 Å². The molecule has 9 nitrogen and oxygen atoms in total. The van der Waals surface area contributed by atoms with Crippen molar-refractivity contribution in [2.45, 2.75) is 18.3 Å². The van der Waals surface area contributed by atoms with Crippen LogP contribution in [0.1, 0.15) is 0 Å². The molecule has 1 aromatic heterocycles. The molecule has 1 rings (SSSR count). The molecule has 0 aliphatic carbocycles. The number of aldehydes is 1. The molecular weight excluding hydrogens is 246 g/mol. The molecule has 0 unspecified atom stereocenters. The molecule has 0 spiro atoms. The van der Waals surface area contributed by atoms with Crippen LogP contribution in [0.5, 0.6) is 0 Å². The van der Waals surface area contributed by atoms with Crippen molar-refractivity contribution >= 4 is 12.1 Å². The number of carbonyl (C=O) groups is 1. The Bertz CT molecular complexity index is 409. The van der Waals surface area contributed by atoms with E-state index in [4.69, 9.17) is 26.2 Å². The topological polar surface area (TPSA) is 170 Å². The first kappa shape index (κ1) is 16.2. The SMILES string of the molecule is Nc1ccnc(=O)[nH]1.O=C[C@@H](O)[C@H](O)[C@H](O)CO. The molecule has 0 amide bonds. The molecule has 0 aliphatic heterocycles. The van der Waals surface area contributed by atoms with Crippen molar-refractivity contribution in [3.05, 3.63) is 22.7 Å².